The van der Waals surface area contributed by atoms with Crippen LogP contribution in [0.4, 0.5) is 4.39 Å². The van der Waals surface area contributed by atoms with Gasteiger partial charge in [-0.15, -0.1) is 0 Å². The average Bonchev–Trinajstić information content (AvgIpc) is 2.34. The minimum absolute atomic E-state index is 0.00912. The lowest BCUT2D eigenvalue weighted by Crippen LogP contribution is -2.12. The Morgan fingerprint density at radius 2 is 2.22 bits per heavy atom. The molecule has 0 spiro atoms. The van der Waals surface area contributed by atoms with Gasteiger partial charge in [0.15, 0.2) is 11.6 Å². The van der Waals surface area contributed by atoms with E-state index in [1.54, 1.807) is 12.1 Å². The Bertz CT molecular complexity index is 432. The third-order valence-electron chi connectivity index (χ3n) is 2.42. The Balaban J connectivity index is 2.78. The van der Waals surface area contributed by atoms with Crippen molar-refractivity contribution in [3.8, 4) is 17.6 Å². The first kappa shape index (κ1) is 14.5. The molecule has 0 aromatic heterocycles. The van der Waals surface area contributed by atoms with Gasteiger partial charge < -0.3 is 9.84 Å². The van der Waals surface area contributed by atoms with E-state index in [0.29, 0.717) is 12.0 Å². The molecule has 1 aromatic carbocycles. The van der Waals surface area contributed by atoms with Crippen LogP contribution in [-0.4, -0.2) is 17.8 Å². The Hall–Kier alpha value is -1.53. The molecule has 18 heavy (non-hydrogen) atoms. The first-order chi connectivity index (χ1) is 8.67. The molecule has 0 aliphatic carbocycles. The predicted octanol–water partition coefficient (Wildman–Crippen LogP) is 3.13. The van der Waals surface area contributed by atoms with Gasteiger partial charge in [-0.3, -0.25) is 0 Å². The minimum Gasteiger partial charge on any atom is -0.488 e. The van der Waals surface area contributed by atoms with Crippen molar-refractivity contribution in [2.24, 2.45) is 0 Å². The molecular weight excluding hydrogens is 231 g/mol. The lowest BCUT2D eigenvalue weighted by Gasteiger charge is -2.14. The summed E-state index contributed by atoms with van der Waals surface area (Å²) in [5.74, 6) is 5.53. The number of hydrogen-bond donors (Lipinski definition) is 1. The van der Waals surface area contributed by atoms with Crippen molar-refractivity contribution in [1.29, 1.82) is 0 Å². The third-order valence-corrected chi connectivity index (χ3v) is 2.42. The molecule has 3 heteroatoms. The van der Waals surface area contributed by atoms with Crippen molar-refractivity contribution in [3.63, 3.8) is 0 Å². The molecule has 1 atom stereocenters. The van der Waals surface area contributed by atoms with Crippen LogP contribution in [0.1, 0.15) is 38.7 Å². The highest BCUT2D eigenvalue weighted by Crippen LogP contribution is 2.20. The smallest absolute Gasteiger partial charge is 0.165 e. The lowest BCUT2D eigenvalue weighted by molar-refractivity contribution is 0.201. The van der Waals surface area contributed by atoms with Gasteiger partial charge in [-0.2, -0.15) is 0 Å². The summed E-state index contributed by atoms with van der Waals surface area (Å²) in [6, 6.07) is 4.57. The summed E-state index contributed by atoms with van der Waals surface area (Å²) in [5.41, 5.74) is 0.698. The Morgan fingerprint density at radius 3 is 2.89 bits per heavy atom. The third kappa shape index (κ3) is 4.77. The highest BCUT2D eigenvalue weighted by atomic mass is 19.1. The summed E-state index contributed by atoms with van der Waals surface area (Å²) in [6.45, 7) is 4.02. The van der Waals surface area contributed by atoms with E-state index in [1.165, 1.54) is 6.07 Å². The number of aliphatic hydroxyl groups excluding tert-OH is 1. The second-order valence-electron chi connectivity index (χ2n) is 4.14. The van der Waals surface area contributed by atoms with Crippen LogP contribution < -0.4 is 4.74 Å². The van der Waals surface area contributed by atoms with Crippen LogP contribution in [0.3, 0.4) is 0 Å². The summed E-state index contributed by atoms with van der Waals surface area (Å²) in [4.78, 5) is 0. The van der Waals surface area contributed by atoms with E-state index in [0.717, 1.165) is 12.8 Å². The van der Waals surface area contributed by atoms with Crippen LogP contribution in [0, 0.1) is 17.7 Å². The molecule has 0 radical (unpaired) electrons. The van der Waals surface area contributed by atoms with Gasteiger partial charge in [0, 0.05) is 12.0 Å². The Kier molecular flexibility index (Phi) is 6.24. The summed E-state index contributed by atoms with van der Waals surface area (Å²) in [6.07, 6.45) is 2.29. The number of halogens is 1. The molecule has 2 nitrogen and oxygen atoms in total. The van der Waals surface area contributed by atoms with Gasteiger partial charge in [0.2, 0.25) is 0 Å². The number of aliphatic hydroxyl groups is 1. The van der Waals surface area contributed by atoms with E-state index in [2.05, 4.69) is 18.8 Å². The monoisotopic (exact) mass is 250 g/mol. The van der Waals surface area contributed by atoms with Crippen LogP contribution >= 0.6 is 0 Å². The van der Waals surface area contributed by atoms with E-state index in [4.69, 9.17) is 9.84 Å². The van der Waals surface area contributed by atoms with Crippen molar-refractivity contribution in [1.82, 2.24) is 0 Å². The molecule has 1 N–H and O–H groups in total. The van der Waals surface area contributed by atoms with Crippen molar-refractivity contribution in [2.75, 3.05) is 6.61 Å². The van der Waals surface area contributed by atoms with E-state index in [1.807, 2.05) is 6.92 Å². The van der Waals surface area contributed by atoms with Crippen LogP contribution in [0.5, 0.6) is 5.75 Å². The summed E-state index contributed by atoms with van der Waals surface area (Å²) >= 11 is 0. The van der Waals surface area contributed by atoms with Gasteiger partial charge in [0.05, 0.1) is 12.7 Å². The molecule has 0 aliphatic rings. The van der Waals surface area contributed by atoms with Crippen molar-refractivity contribution in [2.45, 2.75) is 39.2 Å². The quantitative estimate of drug-likeness (QED) is 0.814. The fraction of sp³-hybridized carbons (Fsp3) is 0.467. The van der Waals surface area contributed by atoms with E-state index >= 15 is 0 Å². The van der Waals surface area contributed by atoms with Gasteiger partial charge in [0.25, 0.3) is 0 Å². The lowest BCUT2D eigenvalue weighted by atomic mass is 10.2. The van der Waals surface area contributed by atoms with Crippen molar-refractivity contribution >= 4 is 0 Å². The first-order valence-corrected chi connectivity index (χ1v) is 6.23. The summed E-state index contributed by atoms with van der Waals surface area (Å²) in [7, 11) is 0. The Labute approximate surface area is 108 Å². The standard InChI is InChI=1S/C15H19FO2/c1-3-6-12(2)18-15-11-13(7-4-5-10-17)8-9-14(15)16/h8-9,11-12,17H,3,5-6,10H2,1-2H3. The zero-order valence-corrected chi connectivity index (χ0v) is 10.9. The minimum atomic E-state index is -0.370. The summed E-state index contributed by atoms with van der Waals surface area (Å²) < 4.78 is 19.1. The van der Waals surface area contributed by atoms with E-state index < -0.39 is 0 Å². The van der Waals surface area contributed by atoms with Gasteiger partial charge in [-0.1, -0.05) is 25.2 Å². The molecule has 0 fully saturated rings. The van der Waals surface area contributed by atoms with E-state index in [9.17, 15) is 4.39 Å². The number of hydrogen-bond acceptors (Lipinski definition) is 2. The highest BCUT2D eigenvalue weighted by Gasteiger charge is 2.08. The molecule has 0 bridgehead atoms. The molecule has 0 aliphatic heterocycles. The van der Waals surface area contributed by atoms with Gasteiger partial charge >= 0.3 is 0 Å². The predicted molar refractivity (Wildman–Crippen MR) is 70.0 cm³/mol. The average molecular weight is 250 g/mol. The molecular formula is C15H19FO2. The zero-order valence-electron chi connectivity index (χ0n) is 10.9. The van der Waals surface area contributed by atoms with Gasteiger partial charge in [-0.25, -0.2) is 4.39 Å². The highest BCUT2D eigenvalue weighted by molar-refractivity contribution is 5.40. The molecule has 1 unspecified atom stereocenters. The SMILES string of the molecule is CCCC(C)Oc1cc(C#CCCO)ccc1F. The topological polar surface area (TPSA) is 29.5 Å². The molecule has 1 rings (SSSR count). The fourth-order valence-corrected chi connectivity index (χ4v) is 1.57. The maximum Gasteiger partial charge on any atom is 0.165 e. The van der Waals surface area contributed by atoms with Crippen LogP contribution in [0.2, 0.25) is 0 Å². The first-order valence-electron chi connectivity index (χ1n) is 6.23. The molecule has 0 heterocycles. The van der Waals surface area contributed by atoms with Crippen LogP contribution in [0.25, 0.3) is 0 Å². The second-order valence-corrected chi connectivity index (χ2v) is 4.14. The molecule has 98 valence electrons. The van der Waals surface area contributed by atoms with Gasteiger partial charge in [0.1, 0.15) is 0 Å². The molecule has 0 saturated heterocycles. The molecule has 0 amide bonds. The van der Waals surface area contributed by atoms with Crippen molar-refractivity contribution < 1.29 is 14.2 Å². The molecule has 0 saturated carbocycles. The number of rotatable bonds is 5. The summed E-state index contributed by atoms with van der Waals surface area (Å²) in [5, 5.41) is 8.63. The second kappa shape index (κ2) is 7.73. The largest absolute Gasteiger partial charge is 0.488 e. The fourth-order valence-electron chi connectivity index (χ4n) is 1.57. The van der Waals surface area contributed by atoms with Gasteiger partial charge in [-0.05, 0) is 31.5 Å². The maximum atomic E-state index is 13.5. The molecule has 1 aromatic rings. The van der Waals surface area contributed by atoms with E-state index in [-0.39, 0.29) is 24.3 Å². The van der Waals surface area contributed by atoms with Crippen LogP contribution in [0.15, 0.2) is 18.2 Å². The number of benzene rings is 1. The Morgan fingerprint density at radius 1 is 1.44 bits per heavy atom. The number of ether oxygens (including phenoxy) is 1. The normalized spacial score (nSPS) is 11.6. The van der Waals surface area contributed by atoms with Crippen LogP contribution in [-0.2, 0) is 0 Å². The zero-order chi connectivity index (χ0) is 13.4. The maximum absolute atomic E-state index is 13.5. The van der Waals surface area contributed by atoms with Crippen molar-refractivity contribution in [3.05, 3.63) is 29.6 Å².